The molecule has 0 aromatic heterocycles. The molecule has 1 spiro atoms. The van der Waals surface area contributed by atoms with Crippen molar-refractivity contribution in [2.24, 2.45) is 16.8 Å². The summed E-state index contributed by atoms with van der Waals surface area (Å²) in [5.41, 5.74) is -0.279. The Kier molecular flexibility index (Phi) is 4.71. The molecule has 3 bridgehead atoms. The van der Waals surface area contributed by atoms with E-state index in [1.54, 1.807) is 11.8 Å². The number of hydrogen-bond acceptors (Lipinski definition) is 6. The Morgan fingerprint density at radius 3 is 2.90 bits per heavy atom. The first-order valence-electron chi connectivity index (χ1n) is 9.58. The number of rotatable bonds is 4. The van der Waals surface area contributed by atoms with Crippen molar-refractivity contribution in [1.82, 2.24) is 5.32 Å². The fourth-order valence-corrected chi connectivity index (χ4v) is 6.05. The van der Waals surface area contributed by atoms with Gasteiger partial charge in [-0.2, -0.15) is 13.2 Å². The van der Waals surface area contributed by atoms with Gasteiger partial charge in [0.2, 0.25) is 0 Å². The summed E-state index contributed by atoms with van der Waals surface area (Å²) < 4.78 is 63.4. The second kappa shape index (κ2) is 7.06. The van der Waals surface area contributed by atoms with E-state index in [0.29, 0.717) is 23.3 Å². The molecular formula is C20H18F4N2O3S. The molecule has 6 unspecified atom stereocenters. The number of nitrogens with zero attached hydrogens (tertiary/aromatic N) is 1. The van der Waals surface area contributed by atoms with Crippen molar-refractivity contribution in [3.63, 3.8) is 0 Å². The van der Waals surface area contributed by atoms with Gasteiger partial charge in [0.05, 0.1) is 28.8 Å². The highest BCUT2D eigenvalue weighted by atomic mass is 32.2. The minimum Gasteiger partial charge on any atom is -0.458 e. The fraction of sp³-hybridized carbons (Fsp3) is 0.500. The van der Waals surface area contributed by atoms with Crippen molar-refractivity contribution in [3.05, 3.63) is 47.3 Å². The number of aliphatic imine (C=N–C) groups is 1. The van der Waals surface area contributed by atoms with E-state index in [-0.39, 0.29) is 18.6 Å². The van der Waals surface area contributed by atoms with Gasteiger partial charge >= 0.3 is 12.1 Å². The van der Waals surface area contributed by atoms with Crippen LogP contribution in [-0.2, 0) is 15.7 Å². The van der Waals surface area contributed by atoms with Crippen molar-refractivity contribution in [2.45, 2.75) is 35.7 Å². The van der Waals surface area contributed by atoms with Gasteiger partial charge in [-0.15, -0.1) is 11.8 Å². The van der Waals surface area contributed by atoms with E-state index in [0.717, 1.165) is 19.0 Å². The van der Waals surface area contributed by atoms with Gasteiger partial charge in [-0.3, -0.25) is 10.3 Å². The summed E-state index contributed by atoms with van der Waals surface area (Å²) in [6.45, 7) is 0.575. The first kappa shape index (κ1) is 20.0. The molecule has 5 rings (SSSR count). The summed E-state index contributed by atoms with van der Waals surface area (Å²) in [6, 6.07) is 1.90. The number of alkyl halides is 3. The maximum atomic E-state index is 14.0. The standard InChI is InChI=1S/C20H18F4N2O3S/c21-13-5-11(20(22,23)24)1-2-12(13)18(27)28-8-15-26-17-10-3-4-19(6-10,29-15)16(17)14-7-25-9-30-14/h1-5,9-10,14-17,26H,6-8H2. The van der Waals surface area contributed by atoms with Crippen LogP contribution in [0.15, 0.2) is 35.3 Å². The number of esters is 1. The summed E-state index contributed by atoms with van der Waals surface area (Å²) in [5, 5.41) is 3.71. The predicted molar refractivity (Wildman–Crippen MR) is 102 cm³/mol. The molecule has 2 aliphatic carbocycles. The monoisotopic (exact) mass is 442 g/mol. The summed E-state index contributed by atoms with van der Waals surface area (Å²) >= 11 is 1.70. The van der Waals surface area contributed by atoms with Crippen LogP contribution in [0.25, 0.3) is 0 Å². The topological polar surface area (TPSA) is 59.9 Å². The van der Waals surface area contributed by atoms with E-state index in [2.05, 4.69) is 22.5 Å². The molecule has 30 heavy (non-hydrogen) atoms. The molecular weight excluding hydrogens is 424 g/mol. The number of benzene rings is 1. The molecule has 4 aliphatic rings. The molecule has 2 heterocycles. The van der Waals surface area contributed by atoms with Crippen molar-refractivity contribution >= 4 is 23.3 Å². The summed E-state index contributed by atoms with van der Waals surface area (Å²) in [6.07, 6.45) is -0.176. The van der Waals surface area contributed by atoms with Gasteiger partial charge in [-0.25, -0.2) is 9.18 Å². The van der Waals surface area contributed by atoms with Gasteiger partial charge in [0, 0.05) is 17.2 Å². The Labute approximate surface area is 173 Å². The zero-order valence-electron chi connectivity index (χ0n) is 15.6. The molecule has 160 valence electrons. The van der Waals surface area contributed by atoms with E-state index < -0.39 is 40.9 Å². The van der Waals surface area contributed by atoms with Crippen LogP contribution in [0, 0.1) is 17.7 Å². The Bertz CT molecular complexity index is 929. The van der Waals surface area contributed by atoms with Gasteiger partial charge in [0.15, 0.2) is 0 Å². The molecule has 1 aromatic carbocycles. The Balaban J connectivity index is 1.24. The summed E-state index contributed by atoms with van der Waals surface area (Å²) in [4.78, 5) is 16.5. The minimum atomic E-state index is -4.69. The van der Waals surface area contributed by atoms with Crippen LogP contribution in [0.1, 0.15) is 22.3 Å². The molecule has 1 N–H and O–H groups in total. The van der Waals surface area contributed by atoms with Crippen molar-refractivity contribution in [2.75, 3.05) is 13.2 Å². The lowest BCUT2D eigenvalue weighted by Gasteiger charge is -2.47. The smallest absolute Gasteiger partial charge is 0.416 e. The molecule has 1 aromatic rings. The third-order valence-electron chi connectivity index (χ3n) is 6.21. The Morgan fingerprint density at radius 2 is 2.23 bits per heavy atom. The minimum absolute atomic E-state index is 0.162. The van der Waals surface area contributed by atoms with Crippen molar-refractivity contribution in [1.29, 1.82) is 0 Å². The molecule has 0 amide bonds. The molecule has 2 fully saturated rings. The molecule has 1 saturated heterocycles. The van der Waals surface area contributed by atoms with E-state index in [9.17, 15) is 22.4 Å². The molecule has 5 nitrogen and oxygen atoms in total. The van der Waals surface area contributed by atoms with Crippen molar-refractivity contribution < 1.29 is 31.8 Å². The van der Waals surface area contributed by atoms with Gasteiger partial charge in [0.1, 0.15) is 18.7 Å². The number of hydrogen-bond donors (Lipinski definition) is 1. The first-order chi connectivity index (χ1) is 14.3. The quantitative estimate of drug-likeness (QED) is 0.440. The lowest BCUT2D eigenvalue weighted by atomic mass is 9.81. The third kappa shape index (κ3) is 3.25. The molecule has 10 heteroatoms. The lowest BCUT2D eigenvalue weighted by Crippen LogP contribution is -2.62. The number of carbonyl (C=O) groups is 1. The van der Waals surface area contributed by atoms with Gasteiger partial charge in [-0.1, -0.05) is 12.2 Å². The number of halogens is 4. The normalized spacial score (nSPS) is 36.5. The van der Waals surface area contributed by atoms with Crippen LogP contribution in [0.2, 0.25) is 0 Å². The highest BCUT2D eigenvalue weighted by Crippen LogP contribution is 2.55. The van der Waals surface area contributed by atoms with E-state index in [1.165, 1.54) is 0 Å². The number of thioether (sulfide) groups is 1. The van der Waals surface area contributed by atoms with Gasteiger partial charge in [-0.05, 0) is 30.5 Å². The number of ether oxygens (including phenoxy) is 2. The van der Waals surface area contributed by atoms with Gasteiger partial charge in [0.25, 0.3) is 0 Å². The zero-order valence-corrected chi connectivity index (χ0v) is 16.4. The molecule has 2 aliphatic heterocycles. The fourth-order valence-electron chi connectivity index (χ4n) is 4.99. The van der Waals surface area contributed by atoms with Crippen LogP contribution < -0.4 is 5.32 Å². The maximum absolute atomic E-state index is 14.0. The molecule has 6 atom stereocenters. The number of nitrogens with one attached hydrogen (secondary N) is 1. The second-order valence-corrected chi connectivity index (χ2v) is 9.03. The largest absolute Gasteiger partial charge is 0.458 e. The maximum Gasteiger partial charge on any atom is 0.416 e. The summed E-state index contributed by atoms with van der Waals surface area (Å²) in [5.74, 6) is -1.73. The van der Waals surface area contributed by atoms with Crippen LogP contribution in [-0.4, -0.2) is 47.8 Å². The highest BCUT2D eigenvalue weighted by Gasteiger charge is 2.62. The van der Waals surface area contributed by atoms with E-state index in [1.807, 2.05) is 5.55 Å². The number of fused-ring (bicyclic) bond motifs is 3. The summed E-state index contributed by atoms with van der Waals surface area (Å²) in [7, 11) is 0. The van der Waals surface area contributed by atoms with Crippen LogP contribution in [0.5, 0.6) is 0 Å². The Morgan fingerprint density at radius 1 is 1.40 bits per heavy atom. The molecule has 0 radical (unpaired) electrons. The SMILES string of the molecule is O=C(OCC1NC2C3C=CC(C3)(O1)C2C1CN=CS1)c1ccc(C(F)(F)F)cc1F. The highest BCUT2D eigenvalue weighted by molar-refractivity contribution is 8.12. The van der Waals surface area contributed by atoms with Crippen LogP contribution in [0.4, 0.5) is 17.6 Å². The zero-order chi connectivity index (χ0) is 21.1. The van der Waals surface area contributed by atoms with E-state index >= 15 is 0 Å². The average Bonchev–Trinajstić information content (AvgIpc) is 3.38. The first-order valence-corrected chi connectivity index (χ1v) is 10.5. The lowest BCUT2D eigenvalue weighted by molar-refractivity contribution is -0.147. The second-order valence-electron chi connectivity index (χ2n) is 7.94. The Hall–Kier alpha value is -1.91. The van der Waals surface area contributed by atoms with Crippen LogP contribution >= 0.6 is 11.8 Å². The number of carbonyl (C=O) groups excluding carboxylic acids is 1. The van der Waals surface area contributed by atoms with Crippen LogP contribution in [0.3, 0.4) is 0 Å². The van der Waals surface area contributed by atoms with Gasteiger partial charge < -0.3 is 9.47 Å². The van der Waals surface area contributed by atoms with Crippen molar-refractivity contribution in [3.8, 4) is 0 Å². The third-order valence-corrected chi connectivity index (χ3v) is 7.27. The predicted octanol–water partition coefficient (Wildman–Crippen LogP) is 3.40. The average molecular weight is 442 g/mol. The molecule has 1 saturated carbocycles. The van der Waals surface area contributed by atoms with E-state index in [4.69, 9.17) is 9.47 Å².